The first-order chi connectivity index (χ1) is 67.6. The summed E-state index contributed by atoms with van der Waals surface area (Å²) < 4.78 is 102. The highest BCUT2D eigenvalue weighted by Crippen LogP contribution is 2.47. The smallest absolute Gasteiger partial charge is 0.276 e. The number of ether oxygens (including phenoxy) is 7. The number of allylic oxidation sites excluding steroid dienone is 1. The van der Waals surface area contributed by atoms with E-state index in [9.17, 15) is 35.6 Å². The van der Waals surface area contributed by atoms with Crippen LogP contribution in [0.2, 0.25) is 20.2 Å². The van der Waals surface area contributed by atoms with E-state index in [2.05, 4.69) is 127 Å². The maximum Gasteiger partial charge on any atom is 0.276 e. The molecule has 36 nitrogen and oxygen atoms in total. The van der Waals surface area contributed by atoms with E-state index in [0.717, 1.165) is 118 Å². The molecule has 734 valence electrons. The van der Waals surface area contributed by atoms with E-state index in [1.165, 1.54) is 57.9 Å². The number of nitrogens with two attached hydrogens (primary N) is 1. The lowest BCUT2D eigenvalue weighted by atomic mass is 9.88. The van der Waals surface area contributed by atoms with E-state index in [1.54, 1.807) is 143 Å². The first-order valence-electron chi connectivity index (χ1n) is 44.1. The maximum absolute atomic E-state index is 13.1. The number of aromatic nitrogens is 7. The van der Waals surface area contributed by atoms with Gasteiger partial charge in [-0.3, -0.25) is 28.8 Å². The summed E-state index contributed by atoms with van der Waals surface area (Å²) in [6, 6.07) is 49.9. The van der Waals surface area contributed by atoms with Gasteiger partial charge in [-0.15, -0.1) is 10.2 Å². The number of anilines is 17. The van der Waals surface area contributed by atoms with Crippen LogP contribution in [0.3, 0.4) is 0 Å². The number of pyridine rings is 2. The number of fused-ring (bicyclic) bond motifs is 3. The molecule has 4 aromatic heterocycles. The number of morpholine rings is 2. The molecule has 0 radical (unpaired) electrons. The third kappa shape index (κ3) is 26.6. The number of hydrogen-bond donors (Lipinski definition) is 12. The van der Waals surface area contributed by atoms with Crippen molar-refractivity contribution in [2.45, 2.75) is 54.8 Å². The van der Waals surface area contributed by atoms with Crippen LogP contribution in [0.25, 0.3) is 0 Å². The molecule has 3 fully saturated rings. The number of nitrogens with zero attached hydrogens (tertiary/aromatic N) is 9. The monoisotopic (exact) mass is 2030 g/mol. The Bertz CT molecular complexity index is 6660. The van der Waals surface area contributed by atoms with Crippen LogP contribution in [0.1, 0.15) is 56.7 Å². The molecule has 6 heterocycles. The van der Waals surface area contributed by atoms with Crippen molar-refractivity contribution in [1.82, 2.24) is 50.8 Å². The molecule has 3 amide bonds. The van der Waals surface area contributed by atoms with Gasteiger partial charge in [0.2, 0.25) is 33.6 Å². The number of carbonyl (C=O) groups is 3. The summed E-state index contributed by atoms with van der Waals surface area (Å²) >= 11 is 25.3. The van der Waals surface area contributed by atoms with Crippen molar-refractivity contribution >= 4 is 182 Å². The van der Waals surface area contributed by atoms with Gasteiger partial charge in [0.25, 0.3) is 11.8 Å². The Labute approximate surface area is 829 Å². The highest BCUT2D eigenvalue weighted by molar-refractivity contribution is 7.92. The number of benzene rings is 8. The average molecular weight is 2030 g/mol. The molecule has 2 aliphatic heterocycles. The minimum absolute atomic E-state index is 0.0296. The van der Waals surface area contributed by atoms with Crippen LogP contribution < -0.4 is 92.4 Å². The summed E-state index contributed by atoms with van der Waals surface area (Å²) in [7, 11) is 3.80. The SMILES string of the molecule is CNC(=O)c1ccccc1Nc1nc(Nc2ccc(CS(=O)(=O)c3ccc(F)cc3)cc2)ncc1Cl.CONC(=O)c1ccccc1Nc1cc(Nc2ccc(N3CCOCC3)cc2OC)ncc1Cl.COc1c(Nc2cc(N[C@H]3[C@@H](C(N)=O)[C@@H]4C=C[C@H]3C4)c(Cl)cn2)ccc2c1CC[C@@H](N1CCOCC1)CC2.COc1cc(Nc2nnc(Cl)c(Nc3cccc(NS(C)(=O)=O)c3)n2)cc(OC)c1OC. The van der Waals surface area contributed by atoms with Gasteiger partial charge in [-0.1, -0.05) is 107 Å². The number of sulfonamides is 1. The summed E-state index contributed by atoms with van der Waals surface area (Å²) in [5, 5.41) is 37.2. The fourth-order valence-electron chi connectivity index (χ4n) is 16.6. The van der Waals surface area contributed by atoms with Gasteiger partial charge < -0.3 is 91.6 Å². The third-order valence-electron chi connectivity index (χ3n) is 23.3. The van der Waals surface area contributed by atoms with E-state index in [0.29, 0.717) is 126 Å². The number of aryl methyl sites for hydroxylation is 1. The molecule has 2 saturated heterocycles. The number of sulfone groups is 1. The average Bonchev–Trinajstić information content (AvgIpc) is 1.61. The van der Waals surface area contributed by atoms with Crippen molar-refractivity contribution in [3.63, 3.8) is 0 Å². The Morgan fingerprint density at radius 3 is 1.78 bits per heavy atom. The lowest BCUT2D eigenvalue weighted by Gasteiger charge is -2.34. The fraction of sp³-hybridized carbons (Fsp3) is 0.278. The van der Waals surface area contributed by atoms with Gasteiger partial charge in [-0.25, -0.2) is 41.7 Å². The van der Waals surface area contributed by atoms with Gasteiger partial charge in [0, 0.05) is 98.4 Å². The maximum atomic E-state index is 13.1. The zero-order chi connectivity index (χ0) is 99.2. The summed E-state index contributed by atoms with van der Waals surface area (Å²) in [6.07, 6.45) is 15.2. The van der Waals surface area contributed by atoms with Crippen LogP contribution in [-0.4, -0.2) is 195 Å². The first kappa shape index (κ1) is 102. The van der Waals surface area contributed by atoms with Crippen molar-refractivity contribution < 1.29 is 73.6 Å². The highest BCUT2D eigenvalue weighted by Gasteiger charge is 2.48. The lowest BCUT2D eigenvalue weighted by molar-refractivity contribution is -0.122. The first-order valence-corrected chi connectivity index (χ1v) is 49.2. The second-order valence-electron chi connectivity index (χ2n) is 32.4. The molecule has 1 saturated carbocycles. The molecule has 13 N–H and O–H groups in total. The molecular formula is C97H104Cl4FN21O15S2. The molecule has 43 heteroatoms. The van der Waals surface area contributed by atoms with Gasteiger partial charge in [-0.05, 0) is 158 Å². The Kier molecular flexibility index (Phi) is 34.7. The number of halogens is 5. The van der Waals surface area contributed by atoms with Crippen LogP contribution in [0, 0.1) is 23.6 Å². The van der Waals surface area contributed by atoms with E-state index >= 15 is 0 Å². The minimum Gasteiger partial charge on any atom is -0.494 e. The number of para-hydroxylation sites is 2. The van der Waals surface area contributed by atoms with Gasteiger partial charge >= 0.3 is 0 Å². The molecule has 8 aromatic carbocycles. The van der Waals surface area contributed by atoms with E-state index in [1.807, 2.05) is 30.3 Å². The molecule has 2 bridgehead atoms. The second kappa shape index (κ2) is 47.7. The van der Waals surface area contributed by atoms with E-state index in [4.69, 9.17) is 90.1 Å². The Hall–Kier alpha value is -13.9. The molecule has 5 atom stereocenters. The third-order valence-corrected chi connectivity index (χ3v) is 26.7. The summed E-state index contributed by atoms with van der Waals surface area (Å²) in [4.78, 5) is 68.1. The number of rotatable bonds is 32. The molecule has 5 aliphatic rings. The summed E-state index contributed by atoms with van der Waals surface area (Å²) in [6.45, 7) is 6.79. The molecule has 140 heavy (non-hydrogen) atoms. The van der Waals surface area contributed by atoms with Crippen LogP contribution >= 0.6 is 46.4 Å². The molecule has 0 unspecified atom stereocenters. The number of methoxy groups -OCH3 is 5. The molecule has 0 spiro atoms. The van der Waals surface area contributed by atoms with Gasteiger partial charge in [0.05, 0.1) is 171 Å². The van der Waals surface area contributed by atoms with Crippen molar-refractivity contribution in [1.29, 1.82) is 0 Å². The van der Waals surface area contributed by atoms with Crippen molar-refractivity contribution in [2.24, 2.45) is 23.5 Å². The zero-order valence-electron chi connectivity index (χ0n) is 77.3. The van der Waals surface area contributed by atoms with E-state index < -0.39 is 25.7 Å². The molecule has 12 aromatic rings. The van der Waals surface area contributed by atoms with Crippen LogP contribution in [0.15, 0.2) is 212 Å². The minimum atomic E-state index is -3.62. The zero-order valence-corrected chi connectivity index (χ0v) is 82.0. The van der Waals surface area contributed by atoms with Gasteiger partial charge in [-0.2, -0.15) is 9.97 Å². The number of amides is 3. The number of nitrogens with one attached hydrogen (secondary N) is 11. The Morgan fingerprint density at radius 1 is 0.521 bits per heavy atom. The van der Waals surface area contributed by atoms with Crippen molar-refractivity contribution in [3.8, 4) is 28.7 Å². The number of carbonyl (C=O) groups excluding carboxylic acids is 3. The number of primary amides is 1. The predicted octanol–water partition coefficient (Wildman–Crippen LogP) is 17.0. The van der Waals surface area contributed by atoms with E-state index in [-0.39, 0.29) is 80.1 Å². The summed E-state index contributed by atoms with van der Waals surface area (Å²) in [5.41, 5.74) is 19.4. The van der Waals surface area contributed by atoms with Crippen LogP contribution in [0.5, 0.6) is 28.7 Å². The van der Waals surface area contributed by atoms with Crippen molar-refractivity contribution in [3.05, 3.63) is 261 Å². The second-order valence-corrected chi connectivity index (χ2v) is 37.7. The normalized spacial score (nSPS) is 16.3. The predicted molar refractivity (Wildman–Crippen MR) is 542 cm³/mol. The van der Waals surface area contributed by atoms with Gasteiger partial charge in [0.15, 0.2) is 38.1 Å². The number of hydroxylamine groups is 1. The largest absolute Gasteiger partial charge is 0.494 e. The fourth-order valence-corrected chi connectivity index (χ4v) is 19.1. The van der Waals surface area contributed by atoms with Crippen LogP contribution in [0.4, 0.5) is 102 Å². The standard InChI is InChI=1S/C29H36ClN5O3.C25H21ClFN5O3S.C24H26ClN5O4.C19H21ClN6O5S/c1-37-28-21-8-7-20(35-10-12-38-13-11-35)6-4-17(21)5-9-23(28)33-25-15-24(22(30)16-32-25)34-27-19-3-2-18(14-19)26(27)29(31)36;1-28-24(33)20-4-2-3-5-22(20)31-23-21(26)14-29-25(32-23)30-18-10-6-16(7-11-18)15-36(34,35)19-12-8-17(27)9-13-19;1-32-22-13-16(30-9-11-34-12-10-30)7-8-20(22)28-23-14-21(18(25)15-26-23)27-19-6-4-3-5-17(19)24(31)29-33-2;1-29-14-9-13(10-15(30-2)16(14)31-3)22-19-23-18(17(20)24-25-19)21-11-6-5-7-12(8-11)26-32(4,27)28/h2-3,5,9,15-16,18-20,26-27H,4,6-8,10-14H2,1H3,(H2,31,36)(H2,32,33,34);2-14H,15H2,1H3,(H,28,33)(H2,29,30,31,32);3-8,13-15H,9-12H2,1-2H3,(H,29,31)(H2,26,27,28);5-10,26H,1-4H3,(H2,21,22,23,25)/t18-,19+,20+,26+,27-;;;/m1.../s1. The number of hydrogen-bond acceptors (Lipinski definition) is 32. The summed E-state index contributed by atoms with van der Waals surface area (Å²) in [5.74, 6) is 3.63. The molecule has 17 rings (SSSR count). The lowest BCUT2D eigenvalue weighted by Crippen LogP contribution is -2.43. The molecular weight excluding hydrogens is 1920 g/mol. The Morgan fingerprint density at radius 2 is 1.12 bits per heavy atom. The topological polar surface area (TPSA) is 448 Å². The Balaban J connectivity index is 0.000000149. The quantitative estimate of drug-likeness (QED) is 0.00806. The molecule has 3 aliphatic carbocycles. The van der Waals surface area contributed by atoms with Crippen LogP contribution in [-0.2, 0) is 57.6 Å². The van der Waals surface area contributed by atoms with Crippen molar-refractivity contribution in [2.75, 3.05) is 161 Å². The van der Waals surface area contributed by atoms with Gasteiger partial charge in [0.1, 0.15) is 34.0 Å². The highest BCUT2D eigenvalue weighted by atomic mass is 35.5.